The Morgan fingerprint density at radius 2 is 1.91 bits per heavy atom. The summed E-state index contributed by atoms with van der Waals surface area (Å²) in [6.07, 6.45) is 0.747. The lowest BCUT2D eigenvalue weighted by molar-refractivity contribution is -0.152. The highest BCUT2D eigenvalue weighted by Gasteiger charge is 2.28. The van der Waals surface area contributed by atoms with Crippen molar-refractivity contribution in [1.29, 1.82) is 0 Å². The summed E-state index contributed by atoms with van der Waals surface area (Å²) in [5.41, 5.74) is 3.75. The minimum absolute atomic E-state index is 0.388. The Balaban J connectivity index is 1.58. The van der Waals surface area contributed by atoms with Crippen LogP contribution in [0.25, 0.3) is 11.3 Å². The molecule has 172 valence electrons. The second kappa shape index (κ2) is 8.95. The number of thiazole rings is 1. The molecule has 1 aliphatic heterocycles. The van der Waals surface area contributed by atoms with Crippen molar-refractivity contribution < 1.29 is 22.7 Å². The summed E-state index contributed by atoms with van der Waals surface area (Å²) in [5.74, 6) is -1.05. The van der Waals surface area contributed by atoms with E-state index in [0.717, 1.165) is 16.0 Å². The van der Waals surface area contributed by atoms with Gasteiger partial charge >= 0.3 is 5.97 Å². The number of carbonyl (C=O) groups is 2. The van der Waals surface area contributed by atoms with Crippen LogP contribution in [0.4, 0.5) is 10.8 Å². The lowest BCUT2D eigenvalue weighted by Gasteiger charge is -2.16. The number of esters is 1. The number of aryl methyl sites for hydroxylation is 1. The van der Waals surface area contributed by atoms with Crippen molar-refractivity contribution in [2.75, 3.05) is 22.4 Å². The molecule has 1 aliphatic rings. The van der Waals surface area contributed by atoms with Crippen molar-refractivity contribution >= 4 is 44.1 Å². The number of aromatic nitrogens is 1. The van der Waals surface area contributed by atoms with Gasteiger partial charge < -0.3 is 4.74 Å². The van der Waals surface area contributed by atoms with Crippen molar-refractivity contribution in [2.45, 2.75) is 26.4 Å². The molecular weight excluding hydrogens is 462 g/mol. The topological polar surface area (TPSA) is 106 Å². The number of rotatable bonds is 6. The number of nitrogens with zero attached hydrogens (tertiary/aromatic N) is 2. The Hall–Kier alpha value is -3.24. The molecule has 2 aromatic carbocycles. The van der Waals surface area contributed by atoms with Crippen molar-refractivity contribution in [1.82, 2.24) is 4.98 Å². The maximum atomic E-state index is 12.9. The smallest absolute Gasteiger partial charge is 0.303 e. The number of amides is 1. The average Bonchev–Trinajstić information content (AvgIpc) is 3.35. The number of hydrogen-bond acceptors (Lipinski definition) is 7. The van der Waals surface area contributed by atoms with Crippen LogP contribution in [0.5, 0.6) is 0 Å². The van der Waals surface area contributed by atoms with Crippen LogP contribution in [-0.4, -0.2) is 38.1 Å². The van der Waals surface area contributed by atoms with Crippen LogP contribution in [0, 0.1) is 6.92 Å². The summed E-state index contributed by atoms with van der Waals surface area (Å²) < 4.78 is 30.6. The molecule has 1 atom stereocenters. The number of carbonyl (C=O) groups excluding carboxylic acids is 2. The first kappa shape index (κ1) is 22.9. The van der Waals surface area contributed by atoms with Gasteiger partial charge in [0.05, 0.1) is 17.6 Å². The van der Waals surface area contributed by atoms with Gasteiger partial charge in [-0.05, 0) is 31.0 Å². The second-order valence-corrected chi connectivity index (χ2v) is 10.9. The Kier molecular flexibility index (Phi) is 6.22. The third-order valence-corrected chi connectivity index (χ3v) is 7.32. The zero-order valence-corrected chi connectivity index (χ0v) is 20.0. The highest BCUT2D eigenvalue weighted by atomic mass is 32.2. The predicted octanol–water partition coefficient (Wildman–Crippen LogP) is 3.68. The molecule has 1 aromatic heterocycles. The molecule has 0 spiro atoms. The molecule has 0 radical (unpaired) electrons. The van der Waals surface area contributed by atoms with Crippen LogP contribution >= 0.6 is 11.3 Å². The van der Waals surface area contributed by atoms with Crippen LogP contribution in [0.2, 0.25) is 0 Å². The molecular formula is C23H23N3O5S2. The molecule has 3 aromatic rings. The summed E-state index contributed by atoms with van der Waals surface area (Å²) in [6.45, 7) is 3.58. The molecule has 1 unspecified atom stereocenters. The van der Waals surface area contributed by atoms with E-state index in [2.05, 4.69) is 10.3 Å². The minimum Gasteiger partial charge on any atom is -0.447 e. The number of benzene rings is 2. The summed E-state index contributed by atoms with van der Waals surface area (Å²) in [4.78, 5) is 29.9. The number of sulfonamides is 1. The van der Waals surface area contributed by atoms with Gasteiger partial charge in [0.1, 0.15) is 0 Å². The Labute approximate surface area is 196 Å². The molecule has 0 bridgehead atoms. The first-order valence-corrected chi connectivity index (χ1v) is 12.9. The van der Waals surface area contributed by atoms with Crippen molar-refractivity contribution in [3.8, 4) is 11.3 Å². The van der Waals surface area contributed by atoms with E-state index in [-0.39, 0.29) is 0 Å². The molecule has 10 heteroatoms. The highest BCUT2D eigenvalue weighted by molar-refractivity contribution is 7.92. The van der Waals surface area contributed by atoms with Crippen LogP contribution < -0.4 is 9.62 Å². The van der Waals surface area contributed by atoms with Gasteiger partial charge in [-0.1, -0.05) is 36.4 Å². The Morgan fingerprint density at radius 1 is 1.18 bits per heavy atom. The zero-order valence-electron chi connectivity index (χ0n) is 18.4. The number of nitrogens with one attached hydrogen (secondary N) is 1. The van der Waals surface area contributed by atoms with Crippen molar-refractivity contribution in [3.05, 3.63) is 64.5 Å². The SMILES string of the molecule is CC(=O)OC(C(=O)Nc1nc(-c2ccc3c(c2)CCN3S(C)(=O)=O)c(C)s1)c1ccccc1. The summed E-state index contributed by atoms with van der Waals surface area (Å²) in [5, 5.41) is 3.15. The molecule has 0 fully saturated rings. The van der Waals surface area contributed by atoms with Gasteiger partial charge in [-0.3, -0.25) is 19.2 Å². The molecule has 33 heavy (non-hydrogen) atoms. The summed E-state index contributed by atoms with van der Waals surface area (Å²) >= 11 is 1.32. The lowest BCUT2D eigenvalue weighted by Crippen LogP contribution is -2.27. The quantitative estimate of drug-likeness (QED) is 0.534. The number of fused-ring (bicyclic) bond motifs is 1. The van der Waals surface area contributed by atoms with Gasteiger partial charge in [0.25, 0.3) is 5.91 Å². The highest BCUT2D eigenvalue weighted by Crippen LogP contribution is 2.36. The fraction of sp³-hybridized carbons (Fsp3) is 0.261. The zero-order chi connectivity index (χ0) is 23.8. The normalized spacial score (nSPS) is 14.0. The van der Waals surface area contributed by atoms with E-state index in [0.29, 0.717) is 35.0 Å². The number of anilines is 2. The van der Waals surface area contributed by atoms with Gasteiger partial charge in [-0.2, -0.15) is 0 Å². The molecule has 8 nitrogen and oxygen atoms in total. The van der Waals surface area contributed by atoms with E-state index in [1.165, 1.54) is 28.8 Å². The van der Waals surface area contributed by atoms with E-state index < -0.39 is 28.0 Å². The summed E-state index contributed by atoms with van der Waals surface area (Å²) in [6, 6.07) is 14.4. The molecule has 0 saturated heterocycles. The first-order valence-electron chi connectivity index (χ1n) is 10.2. The molecule has 4 rings (SSSR count). The lowest BCUT2D eigenvalue weighted by atomic mass is 10.1. The predicted molar refractivity (Wildman–Crippen MR) is 128 cm³/mol. The molecule has 0 saturated carbocycles. The van der Waals surface area contributed by atoms with Crippen LogP contribution in [0.1, 0.15) is 29.0 Å². The van der Waals surface area contributed by atoms with E-state index >= 15 is 0 Å². The van der Waals surface area contributed by atoms with Crippen LogP contribution in [0.3, 0.4) is 0 Å². The van der Waals surface area contributed by atoms with Gasteiger partial charge in [0, 0.05) is 29.5 Å². The van der Waals surface area contributed by atoms with Gasteiger partial charge in [0.2, 0.25) is 16.1 Å². The number of hydrogen-bond donors (Lipinski definition) is 1. The van der Waals surface area contributed by atoms with Crippen molar-refractivity contribution in [2.24, 2.45) is 0 Å². The molecule has 1 amide bonds. The minimum atomic E-state index is -3.31. The van der Waals surface area contributed by atoms with Crippen LogP contribution in [-0.2, 0) is 30.8 Å². The fourth-order valence-corrected chi connectivity index (χ4v) is 5.62. The monoisotopic (exact) mass is 485 g/mol. The van der Waals surface area contributed by atoms with Gasteiger partial charge in [-0.15, -0.1) is 11.3 Å². The maximum Gasteiger partial charge on any atom is 0.303 e. The van der Waals surface area contributed by atoms with E-state index in [9.17, 15) is 18.0 Å². The van der Waals surface area contributed by atoms with E-state index in [1.807, 2.05) is 25.1 Å². The third-order valence-electron chi connectivity index (χ3n) is 5.26. The second-order valence-electron chi connectivity index (χ2n) is 7.74. The average molecular weight is 486 g/mol. The summed E-state index contributed by atoms with van der Waals surface area (Å²) in [7, 11) is -3.31. The van der Waals surface area contributed by atoms with Crippen molar-refractivity contribution in [3.63, 3.8) is 0 Å². The standard InChI is InChI=1S/C23H23N3O5S2/c1-14-20(18-9-10-19-17(13-18)11-12-26(19)33(3,29)30)24-23(32-14)25-22(28)21(31-15(2)27)16-7-5-4-6-8-16/h4-10,13,21H,11-12H2,1-3H3,(H,24,25,28). The largest absolute Gasteiger partial charge is 0.447 e. The van der Waals surface area contributed by atoms with Gasteiger partial charge in [0.15, 0.2) is 5.13 Å². The number of ether oxygens (including phenoxy) is 1. The van der Waals surface area contributed by atoms with Gasteiger partial charge in [-0.25, -0.2) is 13.4 Å². The Morgan fingerprint density at radius 3 is 2.58 bits per heavy atom. The Bertz CT molecular complexity index is 1320. The van der Waals surface area contributed by atoms with E-state index in [4.69, 9.17) is 4.74 Å². The maximum absolute atomic E-state index is 12.9. The van der Waals surface area contributed by atoms with E-state index in [1.54, 1.807) is 30.3 Å². The fourth-order valence-electron chi connectivity index (χ4n) is 3.82. The molecule has 0 aliphatic carbocycles. The first-order chi connectivity index (χ1) is 15.6. The van der Waals surface area contributed by atoms with Crippen LogP contribution in [0.15, 0.2) is 48.5 Å². The molecule has 2 heterocycles. The molecule has 1 N–H and O–H groups in total. The third kappa shape index (κ3) is 4.91.